The molecule has 1 atom stereocenters. The standard InChI is InChI=1S/C19H25N3O2/c1-14(13-22-11-9-21(2)10-12-22)20-19(24)17-8-7-15-5-3-4-6-16(15)18(17)23/h3-8,14,23H,9-13H2,1-2H3,(H,20,24)/t14-/m1/s1. The maximum Gasteiger partial charge on any atom is 0.255 e. The van der Waals surface area contributed by atoms with Crippen LogP contribution in [0.2, 0.25) is 0 Å². The van der Waals surface area contributed by atoms with Gasteiger partial charge < -0.3 is 15.3 Å². The highest BCUT2D eigenvalue weighted by Crippen LogP contribution is 2.28. The zero-order valence-electron chi connectivity index (χ0n) is 14.3. The molecule has 0 spiro atoms. The molecule has 1 heterocycles. The fourth-order valence-corrected chi connectivity index (χ4v) is 3.20. The molecule has 2 N–H and O–H groups in total. The third kappa shape index (κ3) is 3.68. The number of rotatable bonds is 4. The van der Waals surface area contributed by atoms with Crippen LogP contribution in [0.15, 0.2) is 36.4 Å². The van der Waals surface area contributed by atoms with E-state index in [1.165, 1.54) is 0 Å². The first-order chi connectivity index (χ1) is 11.5. The van der Waals surface area contributed by atoms with Crippen LogP contribution in [0.1, 0.15) is 17.3 Å². The van der Waals surface area contributed by atoms with Gasteiger partial charge in [-0.2, -0.15) is 0 Å². The van der Waals surface area contributed by atoms with E-state index in [0.717, 1.165) is 38.1 Å². The third-order valence-electron chi connectivity index (χ3n) is 4.65. The monoisotopic (exact) mass is 327 g/mol. The molecule has 0 aliphatic carbocycles. The Kier molecular flexibility index (Phi) is 5.02. The summed E-state index contributed by atoms with van der Waals surface area (Å²) in [6.07, 6.45) is 0. The number of benzene rings is 2. The molecule has 1 aliphatic heterocycles. The first kappa shape index (κ1) is 16.7. The zero-order valence-corrected chi connectivity index (χ0v) is 14.3. The lowest BCUT2D eigenvalue weighted by Crippen LogP contribution is -2.49. The minimum atomic E-state index is -0.222. The van der Waals surface area contributed by atoms with Crippen molar-refractivity contribution in [2.75, 3.05) is 39.8 Å². The maximum atomic E-state index is 12.5. The smallest absolute Gasteiger partial charge is 0.255 e. The number of aromatic hydroxyl groups is 1. The second-order valence-electron chi connectivity index (χ2n) is 6.66. The van der Waals surface area contributed by atoms with Crippen LogP contribution in [0.4, 0.5) is 0 Å². The maximum absolute atomic E-state index is 12.5. The van der Waals surface area contributed by atoms with Gasteiger partial charge in [0.05, 0.1) is 5.56 Å². The third-order valence-corrected chi connectivity index (χ3v) is 4.65. The van der Waals surface area contributed by atoms with Crippen molar-refractivity contribution in [3.8, 4) is 5.75 Å². The molecule has 1 saturated heterocycles. The Hall–Kier alpha value is -2.11. The molecule has 24 heavy (non-hydrogen) atoms. The summed E-state index contributed by atoms with van der Waals surface area (Å²) in [5, 5.41) is 15.0. The van der Waals surface area contributed by atoms with Crippen LogP contribution in [-0.4, -0.2) is 66.6 Å². The summed E-state index contributed by atoms with van der Waals surface area (Å²) in [4.78, 5) is 17.2. The van der Waals surface area contributed by atoms with Crippen molar-refractivity contribution in [3.63, 3.8) is 0 Å². The van der Waals surface area contributed by atoms with E-state index in [1.807, 2.05) is 37.3 Å². The van der Waals surface area contributed by atoms with E-state index in [4.69, 9.17) is 0 Å². The number of hydrogen-bond donors (Lipinski definition) is 2. The number of carbonyl (C=O) groups excluding carboxylic acids is 1. The largest absolute Gasteiger partial charge is 0.506 e. The average molecular weight is 327 g/mol. The van der Waals surface area contributed by atoms with Crippen molar-refractivity contribution < 1.29 is 9.90 Å². The lowest BCUT2D eigenvalue weighted by atomic mass is 10.0. The van der Waals surface area contributed by atoms with Gasteiger partial charge in [0.2, 0.25) is 0 Å². The van der Waals surface area contributed by atoms with Crippen LogP contribution < -0.4 is 5.32 Å². The minimum absolute atomic E-state index is 0.0341. The Balaban J connectivity index is 1.65. The van der Waals surface area contributed by atoms with Crippen molar-refractivity contribution in [1.29, 1.82) is 0 Å². The summed E-state index contributed by atoms with van der Waals surface area (Å²) in [6.45, 7) is 7.01. The highest BCUT2D eigenvalue weighted by Gasteiger charge is 2.19. The Labute approximate surface area is 142 Å². The molecule has 1 aliphatic rings. The van der Waals surface area contributed by atoms with Crippen molar-refractivity contribution in [3.05, 3.63) is 42.0 Å². The Morgan fingerprint density at radius 2 is 1.88 bits per heavy atom. The van der Waals surface area contributed by atoms with E-state index < -0.39 is 0 Å². The fraction of sp³-hybridized carbons (Fsp3) is 0.421. The number of hydrogen-bond acceptors (Lipinski definition) is 4. The molecular weight excluding hydrogens is 302 g/mol. The van der Waals surface area contributed by atoms with E-state index in [0.29, 0.717) is 10.9 Å². The van der Waals surface area contributed by atoms with Crippen molar-refractivity contribution in [2.24, 2.45) is 0 Å². The van der Waals surface area contributed by atoms with Crippen LogP contribution in [0, 0.1) is 0 Å². The number of phenols is 1. The molecule has 0 saturated carbocycles. The van der Waals surface area contributed by atoms with Crippen molar-refractivity contribution in [1.82, 2.24) is 15.1 Å². The van der Waals surface area contributed by atoms with Crippen LogP contribution >= 0.6 is 0 Å². The van der Waals surface area contributed by atoms with Crippen LogP contribution in [0.5, 0.6) is 5.75 Å². The Morgan fingerprint density at radius 3 is 2.62 bits per heavy atom. The van der Waals surface area contributed by atoms with E-state index >= 15 is 0 Å². The van der Waals surface area contributed by atoms with E-state index in [9.17, 15) is 9.90 Å². The molecule has 5 heteroatoms. The van der Waals surface area contributed by atoms with Crippen LogP contribution in [0.25, 0.3) is 10.8 Å². The quantitative estimate of drug-likeness (QED) is 0.901. The summed E-state index contributed by atoms with van der Waals surface area (Å²) in [5.74, 6) is -0.169. The zero-order chi connectivity index (χ0) is 17.1. The topological polar surface area (TPSA) is 55.8 Å². The lowest BCUT2D eigenvalue weighted by molar-refractivity contribution is 0.0912. The summed E-state index contributed by atoms with van der Waals surface area (Å²) in [7, 11) is 2.13. The number of phenolic OH excluding ortho intramolecular Hbond substituents is 1. The number of piperazine rings is 1. The summed E-state index contributed by atoms with van der Waals surface area (Å²) < 4.78 is 0. The van der Waals surface area contributed by atoms with Gasteiger partial charge in [-0.25, -0.2) is 0 Å². The number of likely N-dealkylation sites (N-methyl/N-ethyl adjacent to an activating group) is 1. The number of carbonyl (C=O) groups is 1. The van der Waals surface area contributed by atoms with Crippen molar-refractivity contribution >= 4 is 16.7 Å². The fourth-order valence-electron chi connectivity index (χ4n) is 3.20. The molecule has 1 amide bonds. The summed E-state index contributed by atoms with van der Waals surface area (Å²) >= 11 is 0. The van der Waals surface area contributed by atoms with Gasteiger partial charge in [-0.1, -0.05) is 30.3 Å². The van der Waals surface area contributed by atoms with Gasteiger partial charge in [0.25, 0.3) is 5.91 Å². The normalized spacial score (nSPS) is 17.8. The highest BCUT2D eigenvalue weighted by molar-refractivity contribution is 6.03. The molecular formula is C19H25N3O2. The first-order valence-electron chi connectivity index (χ1n) is 8.47. The Morgan fingerprint density at radius 1 is 1.17 bits per heavy atom. The van der Waals surface area contributed by atoms with Crippen LogP contribution in [-0.2, 0) is 0 Å². The van der Waals surface area contributed by atoms with Crippen molar-refractivity contribution in [2.45, 2.75) is 13.0 Å². The Bertz CT molecular complexity index is 724. The number of amides is 1. The van der Waals surface area contributed by atoms with Gasteiger partial charge >= 0.3 is 0 Å². The molecule has 2 aromatic rings. The predicted molar refractivity (Wildman–Crippen MR) is 96.5 cm³/mol. The highest BCUT2D eigenvalue weighted by atomic mass is 16.3. The molecule has 0 bridgehead atoms. The van der Waals surface area contributed by atoms with E-state index in [2.05, 4.69) is 22.2 Å². The van der Waals surface area contributed by atoms with E-state index in [-0.39, 0.29) is 17.7 Å². The average Bonchev–Trinajstić information content (AvgIpc) is 2.57. The first-order valence-corrected chi connectivity index (χ1v) is 8.47. The predicted octanol–water partition coefficient (Wildman–Crippen LogP) is 1.91. The van der Waals surface area contributed by atoms with Gasteiger partial charge in [-0.3, -0.25) is 9.69 Å². The van der Waals surface area contributed by atoms with Gasteiger partial charge in [-0.15, -0.1) is 0 Å². The van der Waals surface area contributed by atoms with E-state index in [1.54, 1.807) is 6.07 Å². The summed E-state index contributed by atoms with van der Waals surface area (Å²) in [6, 6.07) is 11.1. The molecule has 3 rings (SSSR count). The lowest BCUT2D eigenvalue weighted by Gasteiger charge is -2.34. The molecule has 2 aromatic carbocycles. The number of nitrogens with one attached hydrogen (secondary N) is 1. The van der Waals surface area contributed by atoms with Gasteiger partial charge in [0.15, 0.2) is 0 Å². The SMILES string of the molecule is C[C@H](CN1CCN(C)CC1)NC(=O)c1ccc2ccccc2c1O. The number of fused-ring (bicyclic) bond motifs is 1. The molecule has 0 aromatic heterocycles. The number of nitrogens with zero attached hydrogens (tertiary/aromatic N) is 2. The molecule has 1 fully saturated rings. The second kappa shape index (κ2) is 7.20. The molecule has 5 nitrogen and oxygen atoms in total. The summed E-state index contributed by atoms with van der Waals surface area (Å²) in [5.41, 5.74) is 0.332. The van der Waals surface area contributed by atoms with Gasteiger partial charge in [0.1, 0.15) is 5.75 Å². The molecule has 0 unspecified atom stereocenters. The molecule has 128 valence electrons. The van der Waals surface area contributed by atoms with Gasteiger partial charge in [0, 0.05) is 44.2 Å². The van der Waals surface area contributed by atoms with Crippen LogP contribution in [0.3, 0.4) is 0 Å². The van der Waals surface area contributed by atoms with Gasteiger partial charge in [-0.05, 0) is 25.4 Å². The molecule has 0 radical (unpaired) electrons. The second-order valence-corrected chi connectivity index (χ2v) is 6.66. The minimum Gasteiger partial charge on any atom is -0.506 e.